The van der Waals surface area contributed by atoms with E-state index in [0.717, 1.165) is 67.1 Å². The lowest BCUT2D eigenvalue weighted by Crippen LogP contribution is -2.17. The van der Waals surface area contributed by atoms with Crippen molar-refractivity contribution >= 4 is 71.2 Å². The van der Waals surface area contributed by atoms with Crippen LogP contribution in [0.4, 0.5) is 17.2 Å². The van der Waals surface area contributed by atoms with Crippen molar-refractivity contribution in [3.8, 4) is 21.9 Å². The molecule has 0 fully saturated rings. The van der Waals surface area contributed by atoms with Gasteiger partial charge >= 0.3 is 0 Å². The zero-order chi connectivity index (χ0) is 43.9. The van der Waals surface area contributed by atoms with Crippen molar-refractivity contribution in [1.82, 2.24) is 19.7 Å². The number of aryl methyl sites for hydroxylation is 3. The second kappa shape index (κ2) is 21.4. The molecular formula is C47H51ClN8O6S2. The number of amides is 2. The minimum absolute atomic E-state index is 0. The zero-order valence-corrected chi connectivity index (χ0v) is 38.7. The molecule has 0 bridgehead atoms. The first-order valence-electron chi connectivity index (χ1n) is 20.9. The van der Waals surface area contributed by atoms with Crippen LogP contribution in [0.3, 0.4) is 0 Å². The van der Waals surface area contributed by atoms with Gasteiger partial charge in [-0.25, -0.2) is 4.98 Å². The number of aromatic nitrogens is 4. The Labute approximate surface area is 388 Å². The summed E-state index contributed by atoms with van der Waals surface area (Å²) in [5.41, 5.74) is 9.40. The van der Waals surface area contributed by atoms with Crippen LogP contribution < -0.4 is 20.7 Å². The van der Waals surface area contributed by atoms with Gasteiger partial charge in [0.25, 0.3) is 0 Å². The molecule has 334 valence electrons. The number of hydrogen-bond donors (Lipinski definition) is 3. The van der Waals surface area contributed by atoms with Crippen molar-refractivity contribution in [2.75, 3.05) is 68.7 Å². The van der Waals surface area contributed by atoms with Crippen LogP contribution in [0.1, 0.15) is 56.9 Å². The van der Waals surface area contributed by atoms with Gasteiger partial charge in [-0.1, -0.05) is 29.8 Å². The Bertz CT molecular complexity index is 2630. The van der Waals surface area contributed by atoms with Crippen LogP contribution in [0, 0.1) is 27.7 Å². The molecule has 3 N–H and O–H groups in total. The maximum absolute atomic E-state index is 13.5. The van der Waals surface area contributed by atoms with Crippen LogP contribution in [-0.4, -0.2) is 90.1 Å². The highest BCUT2D eigenvalue weighted by atomic mass is 35.5. The van der Waals surface area contributed by atoms with E-state index in [9.17, 15) is 9.59 Å². The van der Waals surface area contributed by atoms with Crippen molar-refractivity contribution in [2.45, 2.75) is 46.6 Å². The number of ether oxygens (including phenoxy) is 4. The summed E-state index contributed by atoms with van der Waals surface area (Å²) in [7, 11) is 0. The maximum atomic E-state index is 13.5. The number of halogens is 1. The summed E-state index contributed by atoms with van der Waals surface area (Å²) in [5.74, 6) is 2.63. The zero-order valence-electron chi connectivity index (χ0n) is 36.1. The fourth-order valence-electron chi connectivity index (χ4n) is 7.53. The first kappa shape index (κ1) is 46.4. The van der Waals surface area contributed by atoms with Gasteiger partial charge in [-0.2, -0.15) is 13.5 Å². The number of aliphatic imine (C=N–C) groups is 1. The molecule has 0 unspecified atom stereocenters. The van der Waals surface area contributed by atoms with Gasteiger partial charge in [0.2, 0.25) is 11.8 Å². The topological polar surface area (TPSA) is 163 Å². The molecule has 2 aliphatic heterocycles. The largest absolute Gasteiger partial charge is 0.491 e. The highest BCUT2D eigenvalue weighted by Gasteiger charge is 2.32. The third-order valence-corrected chi connectivity index (χ3v) is 12.2. The number of thiophene rings is 1. The van der Waals surface area contributed by atoms with Gasteiger partial charge < -0.3 is 34.9 Å². The molecule has 1 atom stereocenters. The number of nitrogens with one attached hydrogen (secondary N) is 3. The number of hydrogen-bond acceptors (Lipinski definition) is 12. The number of pyridine rings is 1. The number of rotatable bonds is 19. The molecular weight excluding hydrogens is 872 g/mol. The van der Waals surface area contributed by atoms with Crippen LogP contribution in [0.15, 0.2) is 83.9 Å². The number of nitrogens with zero attached hydrogens (tertiary/aromatic N) is 5. The molecule has 6 aromatic rings. The van der Waals surface area contributed by atoms with Crippen LogP contribution in [0.2, 0.25) is 5.02 Å². The fraction of sp³-hybridized carbons (Fsp3) is 0.319. The molecule has 8 rings (SSSR count). The molecule has 0 aliphatic carbocycles. The molecule has 64 heavy (non-hydrogen) atoms. The summed E-state index contributed by atoms with van der Waals surface area (Å²) >= 11 is 7.91. The van der Waals surface area contributed by atoms with Crippen molar-refractivity contribution in [2.24, 2.45) is 4.99 Å². The van der Waals surface area contributed by atoms with E-state index < -0.39 is 6.04 Å². The molecule has 3 aromatic carbocycles. The van der Waals surface area contributed by atoms with Crippen molar-refractivity contribution in [1.29, 1.82) is 0 Å². The molecule has 0 saturated heterocycles. The average molecular weight is 924 g/mol. The Morgan fingerprint density at radius 2 is 1.56 bits per heavy atom. The molecule has 17 heteroatoms. The number of carbonyl (C=O) groups excluding carboxylic acids is 2. The van der Waals surface area contributed by atoms with E-state index in [1.807, 2.05) is 79.1 Å². The smallest absolute Gasteiger partial charge is 0.228 e. The minimum atomic E-state index is -0.569. The Kier molecular flexibility index (Phi) is 15.5. The lowest BCUT2D eigenvalue weighted by molar-refractivity contribution is -0.117. The third-order valence-electron chi connectivity index (χ3n) is 10.8. The monoisotopic (exact) mass is 922 g/mol. The molecule has 5 heterocycles. The van der Waals surface area contributed by atoms with Crippen LogP contribution >= 0.6 is 36.4 Å². The molecule has 0 radical (unpaired) electrons. The minimum Gasteiger partial charge on any atom is -0.491 e. The van der Waals surface area contributed by atoms with E-state index in [-0.39, 0.29) is 31.7 Å². The quantitative estimate of drug-likeness (QED) is 0.0674. The predicted octanol–water partition coefficient (Wildman–Crippen LogP) is 8.35. The van der Waals surface area contributed by atoms with Crippen molar-refractivity contribution in [3.05, 3.63) is 128 Å². The first-order valence-corrected chi connectivity index (χ1v) is 22.1. The Hall–Kier alpha value is -5.62. The summed E-state index contributed by atoms with van der Waals surface area (Å²) in [5, 5.41) is 19.7. The Morgan fingerprint density at radius 3 is 2.30 bits per heavy atom. The second-order valence-corrected chi connectivity index (χ2v) is 16.9. The van der Waals surface area contributed by atoms with Crippen molar-refractivity contribution in [3.63, 3.8) is 0 Å². The van der Waals surface area contributed by atoms with Gasteiger partial charge in [-0.3, -0.25) is 19.1 Å². The van der Waals surface area contributed by atoms with Gasteiger partial charge in [0.05, 0.1) is 58.2 Å². The predicted molar refractivity (Wildman–Crippen MR) is 257 cm³/mol. The fourth-order valence-corrected chi connectivity index (χ4v) is 8.87. The van der Waals surface area contributed by atoms with E-state index in [1.165, 1.54) is 4.88 Å². The average Bonchev–Trinajstić information content (AvgIpc) is 3.91. The lowest BCUT2D eigenvalue weighted by atomic mass is 9.99. The van der Waals surface area contributed by atoms with Gasteiger partial charge in [0.1, 0.15) is 35.0 Å². The number of fused-ring (bicyclic) bond motifs is 4. The molecule has 0 spiro atoms. The highest BCUT2D eigenvalue weighted by molar-refractivity contribution is 7.59. The van der Waals surface area contributed by atoms with E-state index >= 15 is 0 Å². The highest BCUT2D eigenvalue weighted by Crippen LogP contribution is 2.40. The lowest BCUT2D eigenvalue weighted by Gasteiger charge is -2.13. The number of anilines is 3. The first-order chi connectivity index (χ1) is 30.6. The van der Waals surface area contributed by atoms with Crippen LogP contribution in [-0.2, 0) is 30.2 Å². The molecule has 14 nitrogen and oxygen atoms in total. The summed E-state index contributed by atoms with van der Waals surface area (Å²) < 4.78 is 24.9. The van der Waals surface area contributed by atoms with E-state index in [4.69, 9.17) is 40.5 Å². The number of benzene rings is 3. The van der Waals surface area contributed by atoms with Gasteiger partial charge in [-0.05, 0) is 105 Å². The summed E-state index contributed by atoms with van der Waals surface area (Å²) in [6.07, 6.45) is 0.481. The maximum Gasteiger partial charge on any atom is 0.228 e. The van der Waals surface area contributed by atoms with E-state index in [0.29, 0.717) is 81.5 Å². The summed E-state index contributed by atoms with van der Waals surface area (Å²) in [6, 6.07) is 24.3. The molecule has 0 saturated carbocycles. The number of carbonyl (C=O) groups is 2. The summed E-state index contributed by atoms with van der Waals surface area (Å²) in [4.78, 5) is 36.3. The van der Waals surface area contributed by atoms with Gasteiger partial charge in [0, 0.05) is 50.2 Å². The second-order valence-electron chi connectivity index (χ2n) is 15.2. The van der Waals surface area contributed by atoms with Crippen molar-refractivity contribution < 1.29 is 28.5 Å². The van der Waals surface area contributed by atoms with Crippen LogP contribution in [0.25, 0.3) is 16.1 Å². The molecule has 2 aliphatic rings. The normalized spacial score (nSPS) is 13.8. The molecule has 3 aromatic heterocycles. The van der Waals surface area contributed by atoms with Crippen LogP contribution in [0.5, 0.6) is 5.75 Å². The SMILES string of the molecule is Cc1nc(NCCOCCOCCOCCOc2ccc(NC(=O)C[C@@H]3N=C(c4ccc(Cl)cc4)c4c(sc(C)c4C)-n4c(C)nnc43)cc2)ccc1-c1ccc2c(c1)CC(=O)N2.S. The summed E-state index contributed by atoms with van der Waals surface area (Å²) in [6.45, 7) is 11.8. The van der Waals surface area contributed by atoms with Gasteiger partial charge in [-0.15, -0.1) is 21.5 Å². The molecule has 2 amide bonds. The Balaban J connectivity index is 0.00000612. The standard InChI is InChI=1S/C47H49ClN8O6S.H2S/c1-28-30(3)63-47-44(28)45(32-5-8-35(48)9-6-32)53-40(46-55-54-31(4)56(46)47)27-43(58)51-36-10-12-37(13-11-36)62-24-23-61-22-21-60-20-19-59-18-17-49-41-16-14-38(29(2)50-41)33-7-15-39-34(25-33)26-42(57)52-39;/h5-16,25,40H,17-24,26-27H2,1-4H3,(H,49,50)(H,51,58)(H,52,57);1H2/t40-;/m0./s1. The van der Waals surface area contributed by atoms with Gasteiger partial charge in [0.15, 0.2) is 5.82 Å². The Morgan fingerprint density at radius 1 is 0.859 bits per heavy atom. The third kappa shape index (κ3) is 11.0. The van der Waals surface area contributed by atoms with E-state index in [2.05, 4.69) is 46.1 Å². The van der Waals surface area contributed by atoms with E-state index in [1.54, 1.807) is 23.5 Å².